The summed E-state index contributed by atoms with van der Waals surface area (Å²) < 4.78 is 5.60. The molecule has 1 fully saturated rings. The molecule has 25 heavy (non-hydrogen) atoms. The number of nitrogens with zero attached hydrogens (tertiary/aromatic N) is 2. The van der Waals surface area contributed by atoms with E-state index in [4.69, 9.17) is 4.74 Å². The first-order valence-corrected chi connectivity index (χ1v) is 8.87. The highest BCUT2D eigenvalue weighted by Crippen LogP contribution is 2.19. The van der Waals surface area contributed by atoms with Crippen LogP contribution in [0.25, 0.3) is 0 Å². The number of anilines is 2. The number of rotatable bonds is 6. The van der Waals surface area contributed by atoms with Crippen LogP contribution in [-0.4, -0.2) is 36.7 Å². The van der Waals surface area contributed by atoms with Gasteiger partial charge in [-0.15, -0.1) is 0 Å². The van der Waals surface area contributed by atoms with Crippen molar-refractivity contribution in [2.45, 2.75) is 32.8 Å². The van der Waals surface area contributed by atoms with Crippen LogP contribution in [0.3, 0.4) is 0 Å². The molecule has 1 amide bonds. The molecule has 132 valence electrons. The molecule has 0 spiro atoms. The number of hydrogen-bond acceptors (Lipinski definition) is 4. The number of pyridine rings is 1. The molecular weight excluding hydrogens is 314 g/mol. The second-order valence-corrected chi connectivity index (χ2v) is 6.34. The second-order valence-electron chi connectivity index (χ2n) is 6.34. The Hall–Kier alpha value is -2.40. The summed E-state index contributed by atoms with van der Waals surface area (Å²) >= 11 is 0. The maximum Gasteiger partial charge on any atom is 0.276 e. The van der Waals surface area contributed by atoms with Gasteiger partial charge < -0.3 is 15.0 Å². The molecule has 1 N–H and O–H groups in total. The SMILES string of the molecule is CCN(C(=O)c1ccc(NCC2CCCO2)cn1)c1cccc(C)c1. The minimum atomic E-state index is -0.0845. The Morgan fingerprint density at radius 1 is 1.36 bits per heavy atom. The fourth-order valence-corrected chi connectivity index (χ4v) is 3.04. The number of benzene rings is 1. The highest BCUT2D eigenvalue weighted by Gasteiger charge is 2.18. The van der Waals surface area contributed by atoms with E-state index in [1.54, 1.807) is 17.2 Å². The van der Waals surface area contributed by atoms with E-state index in [0.717, 1.165) is 42.9 Å². The molecule has 1 unspecified atom stereocenters. The average molecular weight is 339 g/mol. The topological polar surface area (TPSA) is 54.5 Å². The van der Waals surface area contributed by atoms with Crippen LogP contribution >= 0.6 is 0 Å². The van der Waals surface area contributed by atoms with Crippen molar-refractivity contribution in [1.82, 2.24) is 4.98 Å². The third kappa shape index (κ3) is 4.37. The lowest BCUT2D eigenvalue weighted by Crippen LogP contribution is -2.31. The lowest BCUT2D eigenvalue weighted by molar-refractivity contribution is 0.0983. The van der Waals surface area contributed by atoms with Gasteiger partial charge in [0, 0.05) is 25.4 Å². The smallest absolute Gasteiger partial charge is 0.276 e. The van der Waals surface area contributed by atoms with E-state index in [1.807, 2.05) is 44.2 Å². The zero-order chi connectivity index (χ0) is 17.6. The van der Waals surface area contributed by atoms with E-state index in [1.165, 1.54) is 0 Å². The molecule has 5 nitrogen and oxygen atoms in total. The molecule has 2 aromatic rings. The van der Waals surface area contributed by atoms with Gasteiger partial charge in [-0.05, 0) is 56.5 Å². The van der Waals surface area contributed by atoms with Crippen LogP contribution in [0.4, 0.5) is 11.4 Å². The molecule has 1 aliphatic rings. The summed E-state index contributed by atoms with van der Waals surface area (Å²) in [6.45, 7) is 6.22. The quantitative estimate of drug-likeness (QED) is 0.873. The van der Waals surface area contributed by atoms with Crippen LogP contribution in [0.15, 0.2) is 42.6 Å². The first-order chi connectivity index (χ1) is 12.2. The standard InChI is InChI=1S/C20H25N3O2/c1-3-23(17-7-4-6-15(2)12-17)20(24)19-10-9-16(13-22-19)21-14-18-8-5-11-25-18/h4,6-7,9-10,12-13,18,21H,3,5,8,11,14H2,1-2H3. The number of hydrogen-bond donors (Lipinski definition) is 1. The number of nitrogens with one attached hydrogen (secondary N) is 1. The van der Waals surface area contributed by atoms with Crippen molar-refractivity contribution in [3.05, 3.63) is 53.9 Å². The fraction of sp³-hybridized carbons (Fsp3) is 0.400. The Morgan fingerprint density at radius 2 is 2.24 bits per heavy atom. The van der Waals surface area contributed by atoms with E-state index in [9.17, 15) is 4.79 Å². The Bertz CT molecular complexity index is 709. The minimum absolute atomic E-state index is 0.0845. The molecule has 1 aromatic carbocycles. The Morgan fingerprint density at radius 3 is 2.88 bits per heavy atom. The molecule has 1 atom stereocenters. The van der Waals surface area contributed by atoms with Gasteiger partial charge in [-0.25, -0.2) is 4.98 Å². The number of aryl methyl sites for hydroxylation is 1. The normalized spacial score (nSPS) is 16.6. The van der Waals surface area contributed by atoms with Crippen LogP contribution in [0, 0.1) is 6.92 Å². The summed E-state index contributed by atoms with van der Waals surface area (Å²) in [5, 5.41) is 3.32. The van der Waals surface area contributed by atoms with Gasteiger partial charge in [0.1, 0.15) is 5.69 Å². The number of carbonyl (C=O) groups excluding carboxylic acids is 1. The third-order valence-electron chi connectivity index (χ3n) is 4.42. The largest absolute Gasteiger partial charge is 0.381 e. The first kappa shape index (κ1) is 17.4. The van der Waals surface area contributed by atoms with E-state index >= 15 is 0 Å². The predicted octanol–water partition coefficient (Wildman–Crippen LogP) is 3.65. The van der Waals surface area contributed by atoms with Gasteiger partial charge in [-0.1, -0.05) is 12.1 Å². The Kier molecular flexibility index (Phi) is 5.66. The van der Waals surface area contributed by atoms with E-state index in [2.05, 4.69) is 10.3 Å². The van der Waals surface area contributed by atoms with Crippen molar-refractivity contribution in [1.29, 1.82) is 0 Å². The van der Waals surface area contributed by atoms with E-state index < -0.39 is 0 Å². The molecule has 3 rings (SSSR count). The van der Waals surface area contributed by atoms with Crippen LogP contribution in [0.2, 0.25) is 0 Å². The fourth-order valence-electron chi connectivity index (χ4n) is 3.04. The van der Waals surface area contributed by atoms with Gasteiger partial charge >= 0.3 is 0 Å². The van der Waals surface area contributed by atoms with E-state index in [-0.39, 0.29) is 12.0 Å². The lowest BCUT2D eigenvalue weighted by atomic mass is 10.2. The lowest BCUT2D eigenvalue weighted by Gasteiger charge is -2.21. The van der Waals surface area contributed by atoms with Crippen LogP contribution in [0.5, 0.6) is 0 Å². The average Bonchev–Trinajstić information content (AvgIpc) is 3.15. The molecule has 0 bridgehead atoms. The molecule has 0 saturated carbocycles. The molecule has 2 heterocycles. The first-order valence-electron chi connectivity index (χ1n) is 8.87. The third-order valence-corrected chi connectivity index (χ3v) is 4.42. The van der Waals surface area contributed by atoms with Gasteiger partial charge in [-0.2, -0.15) is 0 Å². The van der Waals surface area contributed by atoms with Crippen molar-refractivity contribution in [2.75, 3.05) is 29.9 Å². The monoisotopic (exact) mass is 339 g/mol. The molecule has 1 aromatic heterocycles. The van der Waals surface area contributed by atoms with Gasteiger partial charge in [0.25, 0.3) is 5.91 Å². The van der Waals surface area contributed by atoms with Crippen molar-refractivity contribution in [2.24, 2.45) is 0 Å². The molecule has 5 heteroatoms. The molecular formula is C20H25N3O2. The Balaban J connectivity index is 1.66. The zero-order valence-electron chi connectivity index (χ0n) is 14.9. The minimum Gasteiger partial charge on any atom is -0.381 e. The Labute approximate surface area is 149 Å². The maximum atomic E-state index is 12.8. The van der Waals surface area contributed by atoms with Crippen LogP contribution in [-0.2, 0) is 4.74 Å². The molecule has 0 radical (unpaired) electrons. The second kappa shape index (κ2) is 8.12. The number of aromatic nitrogens is 1. The van der Waals surface area contributed by atoms with E-state index in [0.29, 0.717) is 12.2 Å². The van der Waals surface area contributed by atoms with Crippen molar-refractivity contribution in [3.8, 4) is 0 Å². The summed E-state index contributed by atoms with van der Waals surface area (Å²) in [6, 6.07) is 11.6. The van der Waals surface area contributed by atoms with Crippen molar-refractivity contribution in [3.63, 3.8) is 0 Å². The van der Waals surface area contributed by atoms with Crippen LogP contribution < -0.4 is 10.2 Å². The van der Waals surface area contributed by atoms with Crippen molar-refractivity contribution < 1.29 is 9.53 Å². The predicted molar refractivity (Wildman–Crippen MR) is 100 cm³/mol. The maximum absolute atomic E-state index is 12.8. The number of amides is 1. The molecule has 0 aliphatic carbocycles. The molecule has 1 aliphatic heterocycles. The highest BCUT2D eigenvalue weighted by molar-refractivity contribution is 6.04. The summed E-state index contributed by atoms with van der Waals surface area (Å²) in [6.07, 6.45) is 4.22. The highest BCUT2D eigenvalue weighted by atomic mass is 16.5. The number of carbonyl (C=O) groups is 1. The summed E-state index contributed by atoms with van der Waals surface area (Å²) in [5.74, 6) is -0.0845. The zero-order valence-corrected chi connectivity index (χ0v) is 14.9. The van der Waals surface area contributed by atoms with Crippen molar-refractivity contribution >= 4 is 17.3 Å². The van der Waals surface area contributed by atoms with Gasteiger partial charge in [0.2, 0.25) is 0 Å². The van der Waals surface area contributed by atoms with Gasteiger partial charge in [0.15, 0.2) is 0 Å². The summed E-state index contributed by atoms with van der Waals surface area (Å²) in [7, 11) is 0. The van der Waals surface area contributed by atoms with Gasteiger partial charge in [-0.3, -0.25) is 4.79 Å². The van der Waals surface area contributed by atoms with Crippen LogP contribution in [0.1, 0.15) is 35.8 Å². The summed E-state index contributed by atoms with van der Waals surface area (Å²) in [5.41, 5.74) is 3.39. The summed E-state index contributed by atoms with van der Waals surface area (Å²) in [4.78, 5) is 18.9. The van der Waals surface area contributed by atoms with Gasteiger partial charge in [0.05, 0.1) is 18.0 Å². The number of ether oxygens (including phenoxy) is 1. The molecule has 1 saturated heterocycles.